The number of carbonyl (C=O) groups is 2. The quantitative estimate of drug-likeness (QED) is 0.0395. The highest BCUT2D eigenvalue weighted by Gasteiger charge is 2.50. The Balaban J connectivity index is 0.00000106. The van der Waals surface area contributed by atoms with Gasteiger partial charge in [0.05, 0.1) is 5.97 Å². The predicted molar refractivity (Wildman–Crippen MR) is 298 cm³/mol. The topological polar surface area (TPSA) is 142 Å². The first-order valence-electron chi connectivity index (χ1n) is 30.1. The summed E-state index contributed by atoms with van der Waals surface area (Å²) in [6, 6.07) is 12.6. The summed E-state index contributed by atoms with van der Waals surface area (Å²) in [6.07, 6.45) is 54.3. The van der Waals surface area contributed by atoms with Gasteiger partial charge in [0.1, 0.15) is 18.3 Å². The first-order valence-corrected chi connectivity index (χ1v) is 31.6. The van der Waals surface area contributed by atoms with Gasteiger partial charge in [-0.25, -0.2) is 9.13 Å². The Hall–Kier alpha value is -2.85. The Kier molecular flexibility index (Phi) is 45.9. The minimum absolute atomic E-state index is 0.174. The number of carboxylic acids is 2. The monoisotopic (exact) mass is 1030 g/mol. The lowest BCUT2D eigenvalue weighted by Crippen LogP contribution is -2.60. The Labute approximate surface area is 444 Å². The van der Waals surface area contributed by atoms with E-state index >= 15 is 0 Å². The smallest absolute Gasteiger partial charge is 0.274 e. The van der Waals surface area contributed by atoms with Gasteiger partial charge in [-0.3, -0.25) is 4.55 Å². The molecule has 0 spiro atoms. The fourth-order valence-electron chi connectivity index (χ4n) is 10.3. The Bertz CT molecular complexity index is 1520. The SMILES string of the molecule is CCCCC(CC)CC(CC(CC)CCCC)(C(=O)[O-])C(C(=O)[O-])S(=O)(=O)O.CCCCCCCCCCCCCCCC[n+]1ccccc1.CCCCCCCCCCCCCCCC[n+]1ccccc1. The molecule has 3 unspecified atom stereocenters. The van der Waals surface area contributed by atoms with Crippen LogP contribution in [-0.4, -0.2) is 30.2 Å². The van der Waals surface area contributed by atoms with Gasteiger partial charge in [-0.15, -0.1) is 0 Å². The molecule has 0 radical (unpaired) electrons. The van der Waals surface area contributed by atoms with Crippen LogP contribution < -0.4 is 19.3 Å². The van der Waals surface area contributed by atoms with Crippen molar-refractivity contribution in [3.8, 4) is 0 Å². The zero-order valence-corrected chi connectivity index (χ0v) is 48.3. The van der Waals surface area contributed by atoms with Crippen molar-refractivity contribution >= 4 is 22.1 Å². The lowest BCUT2D eigenvalue weighted by atomic mass is 9.68. The van der Waals surface area contributed by atoms with E-state index in [1.807, 2.05) is 27.7 Å². The van der Waals surface area contributed by atoms with Crippen molar-refractivity contribution in [2.75, 3.05) is 0 Å². The number of carbonyl (C=O) groups excluding carboxylic acids is 2. The van der Waals surface area contributed by atoms with Crippen molar-refractivity contribution in [1.29, 1.82) is 0 Å². The maximum absolute atomic E-state index is 12.3. The highest BCUT2D eigenvalue weighted by atomic mass is 32.2. The summed E-state index contributed by atoms with van der Waals surface area (Å²) in [7, 11) is -5.20. The lowest BCUT2D eigenvalue weighted by molar-refractivity contribution is -0.697. The van der Waals surface area contributed by atoms with Crippen molar-refractivity contribution in [2.45, 2.75) is 304 Å². The van der Waals surface area contributed by atoms with Gasteiger partial charge in [-0.1, -0.05) is 259 Å². The molecule has 0 aromatic carbocycles. The molecule has 0 fully saturated rings. The number of carboxylic acid groups (broad SMARTS) is 2. The Morgan fingerprint density at radius 3 is 0.917 bits per heavy atom. The highest BCUT2D eigenvalue weighted by molar-refractivity contribution is 7.87. The third-order valence-corrected chi connectivity index (χ3v) is 16.1. The van der Waals surface area contributed by atoms with E-state index in [9.17, 15) is 32.8 Å². The minimum atomic E-state index is -5.20. The van der Waals surface area contributed by atoms with Crippen molar-refractivity contribution in [2.24, 2.45) is 17.3 Å². The number of nitrogens with zero attached hydrogens (tertiary/aromatic N) is 2. The molecule has 0 bridgehead atoms. The number of aromatic nitrogens is 2. The van der Waals surface area contributed by atoms with Crippen LogP contribution in [0.5, 0.6) is 0 Å². The van der Waals surface area contributed by atoms with Crippen LogP contribution in [0.2, 0.25) is 0 Å². The molecule has 9 nitrogen and oxygen atoms in total. The van der Waals surface area contributed by atoms with Crippen molar-refractivity contribution in [1.82, 2.24) is 0 Å². The number of unbranched alkanes of at least 4 members (excludes halogenated alkanes) is 28. The summed E-state index contributed by atoms with van der Waals surface area (Å²) in [5.41, 5.74) is -2.23. The molecule has 0 saturated carbocycles. The molecule has 72 heavy (non-hydrogen) atoms. The fraction of sp³-hybridized carbons (Fsp3) is 0.806. The third kappa shape index (κ3) is 37.0. The van der Waals surface area contributed by atoms with Crippen LogP contribution in [0.3, 0.4) is 0 Å². The molecule has 10 heteroatoms. The van der Waals surface area contributed by atoms with E-state index in [2.05, 4.69) is 84.2 Å². The lowest BCUT2D eigenvalue weighted by Gasteiger charge is -2.44. The van der Waals surface area contributed by atoms with Crippen LogP contribution in [0.4, 0.5) is 0 Å². The summed E-state index contributed by atoms with van der Waals surface area (Å²) in [5, 5.41) is 21.5. The summed E-state index contributed by atoms with van der Waals surface area (Å²) < 4.78 is 38.1. The van der Waals surface area contributed by atoms with Gasteiger partial charge < -0.3 is 19.8 Å². The second kappa shape index (κ2) is 47.8. The van der Waals surface area contributed by atoms with Gasteiger partial charge in [0.25, 0.3) is 10.1 Å². The molecule has 0 amide bonds. The van der Waals surface area contributed by atoms with E-state index in [-0.39, 0.29) is 24.7 Å². The van der Waals surface area contributed by atoms with Gasteiger partial charge in [-0.2, -0.15) is 8.42 Å². The maximum Gasteiger partial charge on any atom is 0.274 e. The number of aliphatic carboxylic acids is 2. The molecule has 0 saturated heterocycles. The molecule has 2 aromatic heterocycles. The van der Waals surface area contributed by atoms with E-state index in [0.717, 1.165) is 25.7 Å². The normalized spacial score (nSPS) is 13.5. The zero-order chi connectivity index (χ0) is 53.4. The molecule has 2 rings (SSSR count). The molecule has 2 heterocycles. The van der Waals surface area contributed by atoms with Crippen molar-refractivity contribution in [3.05, 3.63) is 61.2 Å². The van der Waals surface area contributed by atoms with Crippen molar-refractivity contribution in [3.63, 3.8) is 0 Å². The Morgan fingerprint density at radius 2 is 0.694 bits per heavy atom. The molecule has 2 aromatic rings. The van der Waals surface area contributed by atoms with Crippen LogP contribution in [-0.2, 0) is 32.8 Å². The number of hydrogen-bond acceptors (Lipinski definition) is 6. The standard InChI is InChI=1S/2C21H38N.C20H38O7S/c2*1-2-3-4-5-6-7-8-9-10-11-12-13-14-16-19-22-20-17-15-18-21-22;1-5-9-11-15(7-3)13-20(19(23)24,14-16(8-4)12-10-6-2)17(18(21)22)28(25,26)27/h2*15,17-18,20-21H,2-14,16,19H2,1H3;15-17H,5-14H2,1-4H3,(H,21,22)(H,23,24)(H,25,26,27)/q2*+1;/p-2. The first-order chi connectivity index (χ1) is 34.9. The third-order valence-electron chi connectivity index (χ3n) is 14.9. The number of hydrogen-bond donors (Lipinski definition) is 1. The summed E-state index contributed by atoms with van der Waals surface area (Å²) >= 11 is 0. The average Bonchev–Trinajstić information content (AvgIpc) is 3.37. The van der Waals surface area contributed by atoms with E-state index in [1.54, 1.807) is 0 Å². The predicted octanol–water partition coefficient (Wildman–Crippen LogP) is 14.9. The van der Waals surface area contributed by atoms with E-state index < -0.39 is 32.7 Å². The first kappa shape index (κ1) is 69.2. The fourth-order valence-corrected chi connectivity index (χ4v) is 11.4. The largest absolute Gasteiger partial charge is 0.549 e. The average molecular weight is 1030 g/mol. The molecule has 418 valence electrons. The van der Waals surface area contributed by atoms with Gasteiger partial charge in [0.2, 0.25) is 0 Å². The van der Waals surface area contributed by atoms with Crippen molar-refractivity contribution < 1.29 is 41.9 Å². The van der Waals surface area contributed by atoms with E-state index in [1.165, 1.54) is 193 Å². The van der Waals surface area contributed by atoms with Crippen LogP contribution in [0.15, 0.2) is 61.2 Å². The van der Waals surface area contributed by atoms with E-state index in [0.29, 0.717) is 25.7 Å². The minimum Gasteiger partial charge on any atom is -0.549 e. The van der Waals surface area contributed by atoms with Gasteiger partial charge in [0.15, 0.2) is 24.8 Å². The molecule has 3 atom stereocenters. The molecule has 0 aliphatic heterocycles. The summed E-state index contributed by atoms with van der Waals surface area (Å²) in [6.45, 7) is 14.6. The number of aryl methyl sites for hydroxylation is 2. The van der Waals surface area contributed by atoms with E-state index in [4.69, 9.17) is 0 Å². The molecule has 0 aliphatic carbocycles. The second-order valence-corrected chi connectivity index (χ2v) is 22.8. The van der Waals surface area contributed by atoms with Gasteiger partial charge >= 0.3 is 0 Å². The number of rotatable bonds is 46. The molecular weight excluding hydrogens is 917 g/mol. The maximum atomic E-state index is 12.3. The second-order valence-electron chi connectivity index (χ2n) is 21.3. The summed E-state index contributed by atoms with van der Waals surface area (Å²) in [5.74, 6) is -4.22. The van der Waals surface area contributed by atoms with Crippen LogP contribution in [0, 0.1) is 17.3 Å². The van der Waals surface area contributed by atoms with Crippen LogP contribution in [0.25, 0.3) is 0 Å². The van der Waals surface area contributed by atoms with Crippen LogP contribution >= 0.6 is 0 Å². The summed E-state index contributed by atoms with van der Waals surface area (Å²) in [4.78, 5) is 24.0. The van der Waals surface area contributed by atoms with Gasteiger partial charge in [-0.05, 0) is 37.5 Å². The molecular formula is C62H112N2O7S. The van der Waals surface area contributed by atoms with Gasteiger partial charge in [0, 0.05) is 48.5 Å². The molecule has 0 aliphatic rings. The molecule has 1 N–H and O–H groups in total. The van der Waals surface area contributed by atoms with Crippen LogP contribution in [0.1, 0.15) is 286 Å². The Morgan fingerprint density at radius 1 is 0.431 bits per heavy atom. The number of pyridine rings is 2. The zero-order valence-electron chi connectivity index (χ0n) is 47.5. The highest BCUT2D eigenvalue weighted by Crippen LogP contribution is 2.43.